The molecule has 0 radical (unpaired) electrons. The van der Waals surface area contributed by atoms with Crippen molar-refractivity contribution in [1.82, 2.24) is 18.5 Å². The summed E-state index contributed by atoms with van der Waals surface area (Å²) in [5.41, 5.74) is 5.23. The zero-order chi connectivity index (χ0) is 33.5. The molecule has 0 spiro atoms. The molecule has 2 aliphatic carbocycles. The molecule has 1 saturated heterocycles. The number of piperazine rings is 1. The molecule has 2 aliphatic heterocycles. The van der Waals surface area contributed by atoms with Crippen molar-refractivity contribution in [2.45, 2.75) is 94.5 Å². The number of amides is 1. The standard InChI is InChI=1S/C35H46N4O6S2/c1-6-46(41,42)36-34(40)25-12-14-28-31(16-25)39-21-35(47(43,44)38-19-22(2)37(4)23(3)20-38)18-30(35)29-17-26(45-5)13-15-27(29)33(39)32(28)24-10-8-7-9-11-24/h12-17,22-24,30H,6-11,18-21H2,1-5H3,(H,36,40)/t22-,23+,30?,35?. The van der Waals surface area contributed by atoms with Crippen LogP contribution >= 0.6 is 0 Å². The van der Waals surface area contributed by atoms with E-state index in [4.69, 9.17) is 4.74 Å². The number of methoxy groups -OCH3 is 1. The fourth-order valence-electron chi connectivity index (χ4n) is 8.52. The first-order valence-corrected chi connectivity index (χ1v) is 20.0. The Hall–Kier alpha value is -2.93. The molecular formula is C35H46N4O6S2. The lowest BCUT2D eigenvalue weighted by atomic mass is 9.81. The van der Waals surface area contributed by atoms with Gasteiger partial charge in [-0.15, -0.1) is 0 Å². The Labute approximate surface area is 278 Å². The molecule has 2 saturated carbocycles. The summed E-state index contributed by atoms with van der Waals surface area (Å²) in [4.78, 5) is 15.5. The molecule has 3 aromatic rings. The first-order valence-electron chi connectivity index (χ1n) is 16.9. The third-order valence-electron chi connectivity index (χ3n) is 11.5. The summed E-state index contributed by atoms with van der Waals surface area (Å²) in [7, 11) is -3.86. The summed E-state index contributed by atoms with van der Waals surface area (Å²) in [6.45, 7) is 6.77. The number of hydrogen-bond donors (Lipinski definition) is 1. The van der Waals surface area contributed by atoms with Crippen molar-refractivity contribution in [3.63, 3.8) is 0 Å². The van der Waals surface area contributed by atoms with Crippen LogP contribution in [-0.2, 0) is 26.6 Å². The first kappa shape index (κ1) is 32.6. The van der Waals surface area contributed by atoms with Crippen LogP contribution in [0.1, 0.15) is 92.6 Å². The van der Waals surface area contributed by atoms with Gasteiger partial charge in [-0.2, -0.15) is 4.31 Å². The molecule has 1 aromatic heterocycles. The smallest absolute Gasteiger partial charge is 0.264 e. The molecule has 12 heteroatoms. The van der Waals surface area contributed by atoms with Crippen LogP contribution in [0.15, 0.2) is 36.4 Å². The molecule has 254 valence electrons. The van der Waals surface area contributed by atoms with Crippen LogP contribution in [0.2, 0.25) is 0 Å². The Bertz CT molecular complexity index is 1950. The number of carbonyl (C=O) groups is 1. The van der Waals surface area contributed by atoms with E-state index in [-0.39, 0.29) is 35.9 Å². The monoisotopic (exact) mass is 682 g/mol. The van der Waals surface area contributed by atoms with Crippen LogP contribution in [0.3, 0.4) is 0 Å². The number of likely N-dealkylation sites (N-methyl/N-ethyl adjacent to an activating group) is 1. The number of aromatic nitrogens is 1. The summed E-state index contributed by atoms with van der Waals surface area (Å²) in [5.74, 6) is -0.117. The summed E-state index contributed by atoms with van der Waals surface area (Å²) >= 11 is 0. The average Bonchev–Trinajstić information content (AvgIpc) is 3.74. The third-order valence-corrected chi connectivity index (χ3v) is 15.4. The highest BCUT2D eigenvalue weighted by Crippen LogP contribution is 2.64. The molecule has 1 N–H and O–H groups in total. The topological polar surface area (TPSA) is 118 Å². The maximum atomic E-state index is 15.0. The molecule has 3 heterocycles. The first-order chi connectivity index (χ1) is 22.3. The molecule has 2 unspecified atom stereocenters. The number of nitrogens with zero attached hydrogens (tertiary/aromatic N) is 3. The van der Waals surface area contributed by atoms with Crippen molar-refractivity contribution in [3.8, 4) is 17.0 Å². The van der Waals surface area contributed by atoms with Gasteiger partial charge in [0.25, 0.3) is 5.91 Å². The average molecular weight is 683 g/mol. The van der Waals surface area contributed by atoms with E-state index < -0.39 is 30.7 Å². The second-order valence-corrected chi connectivity index (χ2v) is 18.5. The van der Waals surface area contributed by atoms with Gasteiger partial charge in [0.05, 0.1) is 18.6 Å². The van der Waals surface area contributed by atoms with Crippen LogP contribution in [0.25, 0.3) is 22.2 Å². The Morgan fingerprint density at radius 1 is 1.00 bits per heavy atom. The molecule has 47 heavy (non-hydrogen) atoms. The Kier molecular flexibility index (Phi) is 8.05. The van der Waals surface area contributed by atoms with Crippen LogP contribution < -0.4 is 9.46 Å². The largest absolute Gasteiger partial charge is 0.497 e. The molecule has 3 fully saturated rings. The fraction of sp³-hybridized carbons (Fsp3) is 0.571. The van der Waals surface area contributed by atoms with Crippen molar-refractivity contribution in [3.05, 3.63) is 53.1 Å². The van der Waals surface area contributed by atoms with Gasteiger partial charge in [0.15, 0.2) is 0 Å². The van der Waals surface area contributed by atoms with E-state index in [9.17, 15) is 21.6 Å². The fourth-order valence-corrected chi connectivity index (χ4v) is 11.6. The highest BCUT2D eigenvalue weighted by molar-refractivity contribution is 7.91. The molecule has 4 atom stereocenters. The number of hydrogen-bond acceptors (Lipinski definition) is 7. The lowest BCUT2D eigenvalue weighted by Crippen LogP contribution is -2.58. The quantitative estimate of drug-likeness (QED) is 0.371. The van der Waals surface area contributed by atoms with E-state index >= 15 is 0 Å². The van der Waals surface area contributed by atoms with Gasteiger partial charge in [-0.3, -0.25) is 9.69 Å². The number of fused-ring (bicyclic) bond motifs is 7. The SMILES string of the molecule is CCS(=O)(=O)NC(=O)c1ccc2c(C3CCCCC3)c3n(c2c1)CC1(S(=O)(=O)N2C[C@@H](C)N(C)[C@@H](C)C2)CC1c1cc(OC)ccc1-3. The summed E-state index contributed by atoms with van der Waals surface area (Å²) in [6, 6.07) is 11.6. The molecule has 2 aromatic carbocycles. The van der Waals surface area contributed by atoms with Crippen LogP contribution in [0, 0.1) is 0 Å². The van der Waals surface area contributed by atoms with Crippen LogP contribution in [0.4, 0.5) is 0 Å². The maximum absolute atomic E-state index is 15.0. The number of benzene rings is 2. The molecule has 1 amide bonds. The molecule has 10 nitrogen and oxygen atoms in total. The predicted octanol–water partition coefficient (Wildman–Crippen LogP) is 5.04. The zero-order valence-corrected chi connectivity index (χ0v) is 29.6. The number of nitrogens with one attached hydrogen (secondary N) is 1. The van der Waals surface area contributed by atoms with E-state index in [1.807, 2.05) is 18.2 Å². The summed E-state index contributed by atoms with van der Waals surface area (Å²) in [5, 5.41) is 0.997. The van der Waals surface area contributed by atoms with E-state index in [1.54, 1.807) is 23.5 Å². The predicted molar refractivity (Wildman–Crippen MR) is 184 cm³/mol. The highest BCUT2D eigenvalue weighted by Gasteiger charge is 2.68. The van der Waals surface area contributed by atoms with Gasteiger partial charge in [0.1, 0.15) is 10.5 Å². The number of ether oxygens (including phenoxy) is 1. The van der Waals surface area contributed by atoms with Gasteiger partial charge < -0.3 is 9.30 Å². The van der Waals surface area contributed by atoms with Crippen molar-refractivity contribution in [2.24, 2.45) is 0 Å². The molecular weight excluding hydrogens is 637 g/mol. The Balaban J connectivity index is 1.46. The lowest BCUT2D eigenvalue weighted by molar-refractivity contribution is 0.0981. The van der Waals surface area contributed by atoms with Gasteiger partial charge in [-0.25, -0.2) is 21.6 Å². The lowest BCUT2D eigenvalue weighted by Gasteiger charge is -2.43. The van der Waals surface area contributed by atoms with E-state index in [0.29, 0.717) is 31.2 Å². The summed E-state index contributed by atoms with van der Waals surface area (Å²) in [6.07, 6.45) is 6.03. The van der Waals surface area contributed by atoms with Crippen molar-refractivity contribution >= 4 is 36.9 Å². The number of sulfonamides is 2. The minimum atomic E-state index is -3.78. The van der Waals surface area contributed by atoms with Gasteiger partial charge in [0.2, 0.25) is 20.0 Å². The van der Waals surface area contributed by atoms with Crippen molar-refractivity contribution in [1.29, 1.82) is 0 Å². The number of carbonyl (C=O) groups excluding carboxylic acids is 1. The van der Waals surface area contributed by atoms with Gasteiger partial charge in [0, 0.05) is 59.7 Å². The van der Waals surface area contributed by atoms with E-state index in [1.165, 1.54) is 18.9 Å². The Morgan fingerprint density at radius 2 is 1.70 bits per heavy atom. The molecule has 4 aliphatic rings. The third kappa shape index (κ3) is 5.21. The van der Waals surface area contributed by atoms with Gasteiger partial charge >= 0.3 is 0 Å². The van der Waals surface area contributed by atoms with Gasteiger partial charge in [-0.05, 0) is 94.5 Å². The second-order valence-electron chi connectivity index (χ2n) is 14.2. The minimum Gasteiger partial charge on any atom is -0.497 e. The van der Waals surface area contributed by atoms with E-state index in [0.717, 1.165) is 53.4 Å². The second kappa shape index (κ2) is 11.6. The van der Waals surface area contributed by atoms with Gasteiger partial charge in [-0.1, -0.05) is 25.3 Å². The highest BCUT2D eigenvalue weighted by atomic mass is 32.2. The Morgan fingerprint density at radius 3 is 2.36 bits per heavy atom. The van der Waals surface area contributed by atoms with Crippen LogP contribution in [-0.4, -0.2) is 86.3 Å². The normalized spacial score (nSPS) is 27.0. The zero-order valence-electron chi connectivity index (χ0n) is 28.0. The number of rotatable bonds is 7. The minimum absolute atomic E-state index is 0.0848. The maximum Gasteiger partial charge on any atom is 0.264 e. The van der Waals surface area contributed by atoms with E-state index in [2.05, 4.69) is 41.2 Å². The van der Waals surface area contributed by atoms with Crippen molar-refractivity contribution < 1.29 is 26.4 Å². The van der Waals surface area contributed by atoms with Crippen LogP contribution in [0.5, 0.6) is 5.75 Å². The molecule has 0 bridgehead atoms. The van der Waals surface area contributed by atoms with Crippen molar-refractivity contribution in [2.75, 3.05) is 33.0 Å². The summed E-state index contributed by atoms with van der Waals surface area (Å²) < 4.78 is 65.3. The molecule has 7 rings (SSSR count).